The molecule has 0 spiro atoms. The molecule has 0 saturated carbocycles. The summed E-state index contributed by atoms with van der Waals surface area (Å²) in [7, 11) is 1.14. The Morgan fingerprint density at radius 2 is 2.44 bits per heavy atom. The van der Waals surface area contributed by atoms with Crippen molar-refractivity contribution in [2.45, 2.75) is 0 Å². The van der Waals surface area contributed by atoms with E-state index in [1.807, 2.05) is 0 Å². The van der Waals surface area contributed by atoms with Gasteiger partial charge in [-0.1, -0.05) is 10.3 Å². The Bertz CT molecular complexity index is 411. The number of rotatable bonds is 2. The van der Waals surface area contributed by atoms with E-state index in [0.29, 0.717) is 0 Å². The molecule has 16 heavy (non-hydrogen) atoms. The third kappa shape index (κ3) is 2.47. The lowest BCUT2D eigenvalue weighted by Gasteiger charge is -2.13. The molecule has 0 aromatic heterocycles. The van der Waals surface area contributed by atoms with Gasteiger partial charge in [0.2, 0.25) is 17.4 Å². The topological polar surface area (TPSA) is 136 Å². The summed E-state index contributed by atoms with van der Waals surface area (Å²) in [4.78, 5) is 26.7. The molecule has 0 radical (unpaired) electrons. The molecular formula is C7H8N4O5. The van der Waals surface area contributed by atoms with Gasteiger partial charge in [0, 0.05) is 0 Å². The van der Waals surface area contributed by atoms with E-state index < -0.39 is 17.7 Å². The lowest BCUT2D eigenvalue weighted by atomic mass is 10.4. The van der Waals surface area contributed by atoms with E-state index in [1.54, 1.807) is 0 Å². The highest BCUT2D eigenvalue weighted by molar-refractivity contribution is 6.42. The number of hydrogen-bond acceptors (Lipinski definition) is 7. The van der Waals surface area contributed by atoms with Crippen LogP contribution in [0.1, 0.15) is 0 Å². The molecule has 0 fully saturated rings. The van der Waals surface area contributed by atoms with E-state index in [1.165, 1.54) is 0 Å². The summed E-state index contributed by atoms with van der Waals surface area (Å²) in [5.41, 5.74) is 5.15. The van der Waals surface area contributed by atoms with Gasteiger partial charge < -0.3 is 20.5 Å². The maximum atomic E-state index is 11.3. The predicted molar refractivity (Wildman–Crippen MR) is 50.2 cm³/mol. The normalized spacial score (nSPS) is 18.6. The van der Waals surface area contributed by atoms with Crippen molar-refractivity contribution in [1.29, 1.82) is 0 Å². The van der Waals surface area contributed by atoms with Crippen LogP contribution in [0, 0.1) is 0 Å². The molecule has 9 heteroatoms. The van der Waals surface area contributed by atoms with Gasteiger partial charge in [0.25, 0.3) is 5.91 Å². The SMILES string of the molecule is COC(=O)/C=C1/ON=C(/C(N)=N\O)NC1=O. The van der Waals surface area contributed by atoms with Gasteiger partial charge in [0.1, 0.15) is 0 Å². The molecule has 0 aliphatic carbocycles. The van der Waals surface area contributed by atoms with E-state index in [-0.39, 0.29) is 11.6 Å². The van der Waals surface area contributed by atoms with Crippen LogP contribution in [0.3, 0.4) is 0 Å². The smallest absolute Gasteiger partial charge is 0.334 e. The number of ether oxygens (including phenoxy) is 1. The van der Waals surface area contributed by atoms with E-state index in [0.717, 1.165) is 13.2 Å². The first-order valence-electron chi connectivity index (χ1n) is 3.92. The molecule has 0 saturated heterocycles. The van der Waals surface area contributed by atoms with Crippen molar-refractivity contribution in [1.82, 2.24) is 5.32 Å². The van der Waals surface area contributed by atoms with E-state index in [2.05, 4.69) is 25.2 Å². The molecule has 0 aromatic carbocycles. The Labute approximate surface area is 89.2 Å². The number of hydrogen-bond donors (Lipinski definition) is 3. The van der Waals surface area contributed by atoms with E-state index in [4.69, 9.17) is 10.9 Å². The van der Waals surface area contributed by atoms with Crippen LogP contribution in [-0.2, 0) is 19.2 Å². The maximum Gasteiger partial charge on any atom is 0.334 e. The molecule has 0 unspecified atom stereocenters. The summed E-state index contributed by atoms with van der Waals surface area (Å²) in [6.45, 7) is 0. The van der Waals surface area contributed by atoms with Crippen LogP contribution in [0.25, 0.3) is 0 Å². The largest absolute Gasteiger partial charge is 0.466 e. The zero-order valence-electron chi connectivity index (χ0n) is 8.13. The van der Waals surface area contributed by atoms with Gasteiger partial charge in [-0.2, -0.15) is 0 Å². The third-order valence-electron chi connectivity index (χ3n) is 1.49. The summed E-state index contributed by atoms with van der Waals surface area (Å²) in [5, 5.41) is 16.4. The van der Waals surface area contributed by atoms with Crippen molar-refractivity contribution in [3.05, 3.63) is 11.8 Å². The second-order valence-corrected chi connectivity index (χ2v) is 2.50. The van der Waals surface area contributed by atoms with Gasteiger partial charge in [-0.15, -0.1) is 0 Å². The third-order valence-corrected chi connectivity index (χ3v) is 1.49. The highest BCUT2D eigenvalue weighted by Gasteiger charge is 2.23. The quantitative estimate of drug-likeness (QED) is 0.128. The molecule has 9 nitrogen and oxygen atoms in total. The summed E-state index contributed by atoms with van der Waals surface area (Å²) in [6, 6.07) is 0. The number of nitrogens with two attached hydrogens (primary N) is 1. The number of amidine groups is 2. The minimum absolute atomic E-state index is 0.255. The minimum Gasteiger partial charge on any atom is -0.466 e. The molecule has 1 rings (SSSR count). The monoisotopic (exact) mass is 228 g/mol. The summed E-state index contributed by atoms with van der Waals surface area (Å²) < 4.78 is 4.28. The average Bonchev–Trinajstić information content (AvgIpc) is 2.30. The lowest BCUT2D eigenvalue weighted by molar-refractivity contribution is -0.135. The van der Waals surface area contributed by atoms with Crippen LogP contribution >= 0.6 is 0 Å². The Kier molecular flexibility index (Phi) is 3.43. The molecule has 1 aliphatic heterocycles. The first kappa shape index (κ1) is 11.5. The van der Waals surface area contributed by atoms with Gasteiger partial charge in [-0.3, -0.25) is 10.1 Å². The number of oxime groups is 2. The number of amides is 1. The van der Waals surface area contributed by atoms with Gasteiger partial charge in [0.05, 0.1) is 13.2 Å². The van der Waals surface area contributed by atoms with Crippen LogP contribution in [-0.4, -0.2) is 35.9 Å². The first-order valence-corrected chi connectivity index (χ1v) is 3.92. The van der Waals surface area contributed by atoms with Gasteiger partial charge >= 0.3 is 5.97 Å². The fourth-order valence-corrected chi connectivity index (χ4v) is 0.744. The summed E-state index contributed by atoms with van der Waals surface area (Å²) in [6.07, 6.45) is 0.807. The number of nitrogens with zero attached hydrogens (tertiary/aromatic N) is 2. The molecule has 0 aromatic rings. The second kappa shape index (κ2) is 4.77. The molecule has 1 amide bonds. The fraction of sp³-hybridized carbons (Fsp3) is 0.143. The predicted octanol–water partition coefficient (Wildman–Crippen LogP) is -1.75. The molecule has 1 heterocycles. The van der Waals surface area contributed by atoms with Gasteiger partial charge in [0.15, 0.2) is 0 Å². The Balaban J connectivity index is 2.86. The van der Waals surface area contributed by atoms with E-state index in [9.17, 15) is 9.59 Å². The molecular weight excluding hydrogens is 220 g/mol. The standard InChI is InChI=1S/C7H8N4O5/c1-15-4(12)2-3-7(13)9-6(11-16-3)5(8)10-14/h2,14H,1H3,(H2,8,10)(H,9,11,13)/b3-2+. The van der Waals surface area contributed by atoms with Crippen molar-refractivity contribution >= 4 is 23.5 Å². The Morgan fingerprint density at radius 3 is 2.94 bits per heavy atom. The highest BCUT2D eigenvalue weighted by atomic mass is 16.6. The summed E-state index contributed by atoms with van der Waals surface area (Å²) in [5.74, 6) is -2.57. The van der Waals surface area contributed by atoms with Crippen molar-refractivity contribution < 1.29 is 24.4 Å². The maximum absolute atomic E-state index is 11.3. The average molecular weight is 228 g/mol. The van der Waals surface area contributed by atoms with Crippen LogP contribution in [0.15, 0.2) is 22.1 Å². The Hall–Kier alpha value is -2.58. The van der Waals surface area contributed by atoms with Gasteiger partial charge in [-0.05, 0) is 0 Å². The van der Waals surface area contributed by atoms with Crippen LogP contribution in [0.4, 0.5) is 0 Å². The molecule has 0 atom stereocenters. The number of carbonyl (C=O) groups is 2. The van der Waals surface area contributed by atoms with Crippen molar-refractivity contribution in [3.63, 3.8) is 0 Å². The summed E-state index contributed by atoms with van der Waals surface area (Å²) >= 11 is 0. The van der Waals surface area contributed by atoms with Crippen molar-refractivity contribution in [2.75, 3.05) is 7.11 Å². The van der Waals surface area contributed by atoms with Crippen molar-refractivity contribution in [2.24, 2.45) is 16.0 Å². The molecule has 1 aliphatic rings. The number of methoxy groups -OCH3 is 1. The molecule has 4 N–H and O–H groups in total. The van der Waals surface area contributed by atoms with E-state index >= 15 is 0 Å². The van der Waals surface area contributed by atoms with Crippen LogP contribution in [0.5, 0.6) is 0 Å². The highest BCUT2D eigenvalue weighted by Crippen LogP contribution is 2.04. The van der Waals surface area contributed by atoms with Crippen LogP contribution < -0.4 is 11.1 Å². The van der Waals surface area contributed by atoms with Gasteiger partial charge in [-0.25, -0.2) is 4.79 Å². The zero-order valence-corrected chi connectivity index (χ0v) is 8.13. The number of carbonyl (C=O) groups excluding carboxylic acids is 2. The lowest BCUT2D eigenvalue weighted by Crippen LogP contribution is -2.44. The zero-order chi connectivity index (χ0) is 12.1. The second-order valence-electron chi connectivity index (χ2n) is 2.50. The molecule has 86 valence electrons. The van der Waals surface area contributed by atoms with Crippen molar-refractivity contribution in [3.8, 4) is 0 Å². The fourth-order valence-electron chi connectivity index (χ4n) is 0.744. The number of esters is 1. The Morgan fingerprint density at radius 1 is 1.75 bits per heavy atom. The molecule has 0 bridgehead atoms. The minimum atomic E-state index is -0.771. The van der Waals surface area contributed by atoms with Crippen LogP contribution in [0.2, 0.25) is 0 Å². The number of nitrogens with one attached hydrogen (secondary N) is 1. The first-order chi connectivity index (χ1) is 7.58.